The lowest BCUT2D eigenvalue weighted by Gasteiger charge is -2.12. The van der Waals surface area contributed by atoms with Gasteiger partial charge in [-0.05, 0) is 85.8 Å². The van der Waals surface area contributed by atoms with E-state index in [4.69, 9.17) is 4.74 Å². The molecular weight excluding hydrogens is 485 g/mol. The number of halogens is 3. The summed E-state index contributed by atoms with van der Waals surface area (Å²) in [7, 11) is 0. The summed E-state index contributed by atoms with van der Waals surface area (Å²) in [4.78, 5) is 0. The number of nitrogens with zero attached hydrogens (tertiary/aromatic N) is 1. The fraction of sp³-hybridized carbons (Fsp3) is 0.0870. The maximum atomic E-state index is 13.5. The first kappa shape index (κ1) is 20.3. The van der Waals surface area contributed by atoms with Gasteiger partial charge in [-0.2, -0.15) is 5.26 Å². The topological polar surface area (TPSA) is 33.0 Å². The second-order valence-corrected chi connectivity index (χ2v) is 7.98. The molecule has 0 heterocycles. The van der Waals surface area contributed by atoms with Crippen LogP contribution in [-0.2, 0) is 6.61 Å². The molecule has 3 aromatic carbocycles. The molecule has 0 fully saturated rings. The van der Waals surface area contributed by atoms with E-state index < -0.39 is 0 Å². The summed E-state index contributed by atoms with van der Waals surface area (Å²) in [5.41, 5.74) is 3.98. The fourth-order valence-corrected chi connectivity index (χ4v) is 4.21. The summed E-state index contributed by atoms with van der Waals surface area (Å²) in [6.45, 7) is 2.49. The van der Waals surface area contributed by atoms with Crippen molar-refractivity contribution in [2.45, 2.75) is 13.5 Å². The molecule has 5 heteroatoms. The van der Waals surface area contributed by atoms with Crippen molar-refractivity contribution in [1.82, 2.24) is 0 Å². The van der Waals surface area contributed by atoms with Crippen molar-refractivity contribution in [1.29, 1.82) is 5.26 Å². The van der Waals surface area contributed by atoms with Gasteiger partial charge in [0.15, 0.2) is 0 Å². The third-order valence-corrected chi connectivity index (χ3v) is 5.23. The maximum absolute atomic E-state index is 13.5. The van der Waals surface area contributed by atoms with Crippen LogP contribution in [0.15, 0.2) is 69.6 Å². The molecule has 0 atom stereocenters. The van der Waals surface area contributed by atoms with E-state index in [2.05, 4.69) is 44.0 Å². The Kier molecular flexibility index (Phi) is 6.66. The molecule has 0 saturated heterocycles. The summed E-state index contributed by atoms with van der Waals surface area (Å²) in [6, 6.07) is 20.0. The van der Waals surface area contributed by atoms with Gasteiger partial charge in [-0.25, -0.2) is 4.39 Å². The van der Waals surface area contributed by atoms with Gasteiger partial charge >= 0.3 is 0 Å². The van der Waals surface area contributed by atoms with Crippen LogP contribution in [0.4, 0.5) is 4.39 Å². The van der Waals surface area contributed by atoms with Gasteiger partial charge in [0, 0.05) is 0 Å². The van der Waals surface area contributed by atoms with Crippen LogP contribution < -0.4 is 4.74 Å². The molecule has 3 rings (SSSR count). The Morgan fingerprint density at radius 3 is 2.43 bits per heavy atom. The van der Waals surface area contributed by atoms with E-state index >= 15 is 0 Å². The van der Waals surface area contributed by atoms with E-state index in [1.165, 1.54) is 17.7 Å². The van der Waals surface area contributed by atoms with Crippen molar-refractivity contribution in [3.8, 4) is 11.8 Å². The quantitative estimate of drug-likeness (QED) is 0.272. The molecule has 0 radical (unpaired) electrons. The average Bonchev–Trinajstić information content (AvgIpc) is 2.65. The van der Waals surface area contributed by atoms with Gasteiger partial charge in [0.1, 0.15) is 18.2 Å². The van der Waals surface area contributed by atoms with Crippen LogP contribution in [0.1, 0.15) is 22.3 Å². The molecule has 0 amide bonds. The zero-order valence-electron chi connectivity index (χ0n) is 15.0. The Morgan fingerprint density at radius 1 is 1.07 bits per heavy atom. The average molecular weight is 501 g/mol. The minimum atomic E-state index is -0.374. The molecule has 0 spiro atoms. The van der Waals surface area contributed by atoms with Gasteiger partial charge < -0.3 is 4.74 Å². The number of hydrogen-bond donors (Lipinski definition) is 0. The number of aryl methyl sites for hydroxylation is 1. The third-order valence-electron chi connectivity index (χ3n) is 4.05. The maximum Gasteiger partial charge on any atom is 0.148 e. The standard InChI is InChI=1S/C23H16Br2FNO/c1-15-4-2-5-16(8-15)14-28-23-21(24)10-17(11-22(23)25)9-19(13-27)18-6-3-7-20(26)12-18/h2-12H,14H2,1H3/b19-9-. The van der Waals surface area contributed by atoms with E-state index in [9.17, 15) is 9.65 Å². The lowest BCUT2D eigenvalue weighted by molar-refractivity contribution is 0.302. The fourth-order valence-electron chi connectivity index (χ4n) is 2.76. The summed E-state index contributed by atoms with van der Waals surface area (Å²) in [5, 5.41) is 9.47. The zero-order valence-corrected chi connectivity index (χ0v) is 18.2. The monoisotopic (exact) mass is 499 g/mol. The van der Waals surface area contributed by atoms with Crippen molar-refractivity contribution in [3.63, 3.8) is 0 Å². The van der Waals surface area contributed by atoms with Crippen LogP contribution in [0, 0.1) is 24.1 Å². The Morgan fingerprint density at radius 2 is 1.79 bits per heavy atom. The summed E-state index contributed by atoms with van der Waals surface area (Å²) in [5.74, 6) is 0.309. The van der Waals surface area contributed by atoms with Crippen LogP contribution >= 0.6 is 31.9 Å². The molecule has 0 aliphatic rings. The highest BCUT2D eigenvalue weighted by Gasteiger charge is 2.10. The van der Waals surface area contributed by atoms with Crippen LogP contribution in [0.3, 0.4) is 0 Å². The van der Waals surface area contributed by atoms with E-state index in [0.717, 1.165) is 20.1 Å². The molecule has 140 valence electrons. The van der Waals surface area contributed by atoms with Crippen molar-refractivity contribution >= 4 is 43.5 Å². The Hall–Kier alpha value is -2.42. The van der Waals surface area contributed by atoms with Crippen molar-refractivity contribution in [2.75, 3.05) is 0 Å². The lowest BCUT2D eigenvalue weighted by Crippen LogP contribution is -1.97. The number of rotatable bonds is 5. The van der Waals surface area contributed by atoms with E-state index in [1.54, 1.807) is 18.2 Å². The first-order chi connectivity index (χ1) is 13.5. The minimum Gasteiger partial charge on any atom is -0.487 e. The van der Waals surface area contributed by atoms with Gasteiger partial charge in [0.25, 0.3) is 0 Å². The molecule has 0 aliphatic carbocycles. The van der Waals surface area contributed by atoms with Crippen LogP contribution in [0.2, 0.25) is 0 Å². The van der Waals surface area contributed by atoms with Crippen LogP contribution in [-0.4, -0.2) is 0 Å². The summed E-state index contributed by atoms with van der Waals surface area (Å²) >= 11 is 7.08. The van der Waals surface area contributed by atoms with Crippen LogP contribution in [0.5, 0.6) is 5.75 Å². The first-order valence-corrected chi connectivity index (χ1v) is 10.1. The normalized spacial score (nSPS) is 11.2. The molecule has 0 N–H and O–H groups in total. The second-order valence-electron chi connectivity index (χ2n) is 6.27. The molecule has 0 unspecified atom stereocenters. The second kappa shape index (κ2) is 9.18. The SMILES string of the molecule is Cc1cccc(COc2c(Br)cc(/C=C(/C#N)c3cccc(F)c3)cc2Br)c1. The summed E-state index contributed by atoms with van der Waals surface area (Å²) < 4.78 is 21.0. The molecule has 0 aromatic heterocycles. The molecule has 0 saturated carbocycles. The van der Waals surface area contributed by atoms with Gasteiger partial charge in [0.2, 0.25) is 0 Å². The van der Waals surface area contributed by atoms with Crippen molar-refractivity contribution in [3.05, 3.63) is 97.7 Å². The third kappa shape index (κ3) is 5.09. The number of ether oxygens (including phenoxy) is 1. The van der Waals surface area contributed by atoms with Gasteiger partial charge in [-0.15, -0.1) is 0 Å². The van der Waals surface area contributed by atoms with E-state index in [-0.39, 0.29) is 5.82 Å². The number of nitriles is 1. The number of allylic oxidation sites excluding steroid dienone is 1. The Bertz CT molecular complexity index is 1060. The van der Waals surface area contributed by atoms with Gasteiger partial charge in [-0.1, -0.05) is 42.0 Å². The highest BCUT2D eigenvalue weighted by atomic mass is 79.9. The van der Waals surface area contributed by atoms with Gasteiger partial charge in [-0.3, -0.25) is 0 Å². The smallest absolute Gasteiger partial charge is 0.148 e. The zero-order chi connectivity index (χ0) is 20.1. The predicted octanol–water partition coefficient (Wildman–Crippen LogP) is 7.30. The molecule has 0 bridgehead atoms. The van der Waals surface area contributed by atoms with Crippen LogP contribution in [0.25, 0.3) is 11.6 Å². The summed E-state index contributed by atoms with van der Waals surface area (Å²) in [6.07, 6.45) is 1.72. The van der Waals surface area contributed by atoms with Crippen molar-refractivity contribution in [2.24, 2.45) is 0 Å². The highest BCUT2D eigenvalue weighted by molar-refractivity contribution is 9.11. The minimum absolute atomic E-state index is 0.374. The number of benzene rings is 3. The Labute approximate surface area is 180 Å². The molecule has 28 heavy (non-hydrogen) atoms. The molecule has 3 aromatic rings. The highest BCUT2D eigenvalue weighted by Crippen LogP contribution is 2.36. The Balaban J connectivity index is 1.86. The number of hydrogen-bond acceptors (Lipinski definition) is 2. The van der Waals surface area contributed by atoms with Gasteiger partial charge in [0.05, 0.1) is 20.6 Å². The largest absolute Gasteiger partial charge is 0.487 e. The van der Waals surface area contributed by atoms with Crippen molar-refractivity contribution < 1.29 is 9.13 Å². The van der Waals surface area contributed by atoms with E-state index in [0.29, 0.717) is 23.5 Å². The first-order valence-electron chi connectivity index (χ1n) is 8.51. The molecule has 0 aliphatic heterocycles. The molecule has 2 nitrogen and oxygen atoms in total. The lowest BCUT2D eigenvalue weighted by atomic mass is 10.0. The predicted molar refractivity (Wildman–Crippen MR) is 117 cm³/mol. The van der Waals surface area contributed by atoms with E-state index in [1.807, 2.05) is 37.3 Å². The molecular formula is C23H16Br2FNO.